The molecule has 1 aromatic heterocycles. The van der Waals surface area contributed by atoms with Crippen LogP contribution >= 0.6 is 15.9 Å². The molecule has 0 spiro atoms. The summed E-state index contributed by atoms with van der Waals surface area (Å²) in [6, 6.07) is 4.61. The van der Waals surface area contributed by atoms with E-state index in [2.05, 4.69) is 20.9 Å². The van der Waals surface area contributed by atoms with Crippen LogP contribution in [0.2, 0.25) is 0 Å². The third kappa shape index (κ3) is 1.36. The molecule has 2 nitrogen and oxygen atoms in total. The van der Waals surface area contributed by atoms with Gasteiger partial charge in [0.2, 0.25) is 0 Å². The van der Waals surface area contributed by atoms with Crippen LogP contribution in [0.4, 0.5) is 4.39 Å². The summed E-state index contributed by atoms with van der Waals surface area (Å²) in [5.74, 6) is -0.240. The molecule has 0 saturated heterocycles. The number of hydrogen-bond acceptors (Lipinski definition) is 1. The molecule has 0 unspecified atom stereocenters. The molecular formula is C9H8BrFN2. The second-order valence-corrected chi connectivity index (χ2v) is 3.60. The van der Waals surface area contributed by atoms with Gasteiger partial charge >= 0.3 is 0 Å². The van der Waals surface area contributed by atoms with Gasteiger partial charge in [-0.15, -0.1) is 0 Å². The maximum absolute atomic E-state index is 12.9. The lowest BCUT2D eigenvalue weighted by atomic mass is 10.2. The van der Waals surface area contributed by atoms with Crippen LogP contribution in [0.5, 0.6) is 0 Å². The van der Waals surface area contributed by atoms with Crippen LogP contribution in [-0.2, 0) is 6.54 Å². The van der Waals surface area contributed by atoms with Crippen molar-refractivity contribution >= 4 is 26.8 Å². The number of aromatic amines is 1. The minimum absolute atomic E-state index is 0.240. The van der Waals surface area contributed by atoms with Crippen molar-refractivity contribution in [2.75, 3.05) is 0 Å². The maximum atomic E-state index is 12.9. The Balaban J connectivity index is 2.77. The lowest BCUT2D eigenvalue weighted by molar-refractivity contribution is 0.629. The SMILES string of the molecule is NCc1[nH]c2ccc(F)cc2c1Br. The molecular weight excluding hydrogens is 235 g/mol. The molecule has 3 N–H and O–H groups in total. The van der Waals surface area contributed by atoms with Crippen LogP contribution < -0.4 is 5.73 Å². The number of halogens is 2. The fourth-order valence-electron chi connectivity index (χ4n) is 1.33. The summed E-state index contributed by atoms with van der Waals surface area (Å²) >= 11 is 3.37. The topological polar surface area (TPSA) is 41.8 Å². The van der Waals surface area contributed by atoms with Gasteiger partial charge in [-0.25, -0.2) is 4.39 Å². The smallest absolute Gasteiger partial charge is 0.123 e. The van der Waals surface area contributed by atoms with Gasteiger partial charge in [0.1, 0.15) is 5.82 Å². The Morgan fingerprint density at radius 2 is 2.23 bits per heavy atom. The molecule has 0 fully saturated rings. The van der Waals surface area contributed by atoms with E-state index in [1.807, 2.05) is 0 Å². The molecule has 1 aromatic carbocycles. The molecule has 2 rings (SSSR count). The zero-order chi connectivity index (χ0) is 9.42. The molecule has 0 saturated carbocycles. The van der Waals surface area contributed by atoms with Gasteiger partial charge in [-0.05, 0) is 34.1 Å². The van der Waals surface area contributed by atoms with Crippen LogP contribution in [-0.4, -0.2) is 4.98 Å². The van der Waals surface area contributed by atoms with E-state index in [1.165, 1.54) is 12.1 Å². The van der Waals surface area contributed by atoms with E-state index in [4.69, 9.17) is 5.73 Å². The van der Waals surface area contributed by atoms with E-state index < -0.39 is 0 Å². The Bertz CT molecular complexity index is 450. The van der Waals surface area contributed by atoms with Crippen molar-refractivity contribution in [1.82, 2.24) is 4.98 Å². The molecule has 0 amide bonds. The van der Waals surface area contributed by atoms with E-state index >= 15 is 0 Å². The maximum Gasteiger partial charge on any atom is 0.123 e. The highest BCUT2D eigenvalue weighted by Gasteiger charge is 2.07. The van der Waals surface area contributed by atoms with Crippen molar-refractivity contribution in [2.24, 2.45) is 5.73 Å². The number of rotatable bonds is 1. The van der Waals surface area contributed by atoms with Gasteiger partial charge in [0.05, 0.1) is 0 Å². The summed E-state index contributed by atoms with van der Waals surface area (Å²) in [5.41, 5.74) is 7.28. The van der Waals surface area contributed by atoms with Gasteiger partial charge in [0, 0.05) is 27.6 Å². The predicted octanol–water partition coefficient (Wildman–Crippen LogP) is 2.53. The Morgan fingerprint density at radius 1 is 1.46 bits per heavy atom. The predicted molar refractivity (Wildman–Crippen MR) is 53.8 cm³/mol. The number of aromatic nitrogens is 1. The van der Waals surface area contributed by atoms with E-state index in [-0.39, 0.29) is 5.82 Å². The molecule has 68 valence electrons. The van der Waals surface area contributed by atoms with Crippen molar-refractivity contribution in [1.29, 1.82) is 0 Å². The lowest BCUT2D eigenvalue weighted by Crippen LogP contribution is -1.96. The summed E-state index contributed by atoms with van der Waals surface area (Å²) in [7, 11) is 0. The number of nitrogens with one attached hydrogen (secondary N) is 1. The van der Waals surface area contributed by atoms with Crippen LogP contribution in [0.25, 0.3) is 10.9 Å². The fraction of sp³-hybridized carbons (Fsp3) is 0.111. The number of nitrogens with two attached hydrogens (primary N) is 1. The molecule has 0 aliphatic rings. The molecule has 0 atom stereocenters. The standard InChI is InChI=1S/C9H8BrFN2/c10-9-6-3-5(11)1-2-7(6)13-8(9)4-12/h1-3,13H,4,12H2. The summed E-state index contributed by atoms with van der Waals surface area (Å²) < 4.78 is 13.7. The van der Waals surface area contributed by atoms with Crippen LogP contribution in [0.15, 0.2) is 22.7 Å². The third-order valence-electron chi connectivity index (χ3n) is 1.97. The first-order valence-electron chi connectivity index (χ1n) is 3.88. The Labute approximate surface area is 83.1 Å². The van der Waals surface area contributed by atoms with Gasteiger partial charge in [-0.3, -0.25) is 0 Å². The first kappa shape index (κ1) is 8.72. The Hall–Kier alpha value is -0.870. The number of fused-ring (bicyclic) bond motifs is 1. The van der Waals surface area contributed by atoms with Gasteiger partial charge in [-0.1, -0.05) is 0 Å². The summed E-state index contributed by atoms with van der Waals surface area (Å²) in [5, 5.41) is 0.834. The van der Waals surface area contributed by atoms with Crippen molar-refractivity contribution in [3.8, 4) is 0 Å². The van der Waals surface area contributed by atoms with Gasteiger partial charge in [-0.2, -0.15) is 0 Å². The van der Waals surface area contributed by atoms with Crippen molar-refractivity contribution in [2.45, 2.75) is 6.54 Å². The zero-order valence-electron chi connectivity index (χ0n) is 6.77. The van der Waals surface area contributed by atoms with Crippen molar-refractivity contribution in [3.63, 3.8) is 0 Å². The van der Waals surface area contributed by atoms with E-state index in [0.29, 0.717) is 6.54 Å². The molecule has 4 heteroatoms. The fourth-order valence-corrected chi connectivity index (χ4v) is 1.92. The summed E-state index contributed by atoms with van der Waals surface area (Å²) in [6.45, 7) is 0.414. The first-order valence-corrected chi connectivity index (χ1v) is 4.67. The average molecular weight is 243 g/mol. The van der Waals surface area contributed by atoms with E-state index in [9.17, 15) is 4.39 Å². The molecule has 0 aliphatic carbocycles. The molecule has 2 aromatic rings. The summed E-state index contributed by atoms with van der Waals surface area (Å²) in [4.78, 5) is 3.10. The largest absolute Gasteiger partial charge is 0.356 e. The quantitative estimate of drug-likeness (QED) is 0.793. The zero-order valence-corrected chi connectivity index (χ0v) is 8.36. The highest BCUT2D eigenvalue weighted by atomic mass is 79.9. The molecule has 13 heavy (non-hydrogen) atoms. The monoisotopic (exact) mass is 242 g/mol. The van der Waals surface area contributed by atoms with E-state index in [0.717, 1.165) is 21.1 Å². The minimum atomic E-state index is -0.240. The second kappa shape index (κ2) is 3.12. The van der Waals surface area contributed by atoms with Gasteiger partial charge in [0.25, 0.3) is 0 Å². The Kier molecular flexibility index (Phi) is 2.09. The molecule has 0 aliphatic heterocycles. The van der Waals surface area contributed by atoms with Crippen LogP contribution in [0.3, 0.4) is 0 Å². The third-order valence-corrected chi connectivity index (χ3v) is 2.88. The summed E-state index contributed by atoms with van der Waals surface area (Å²) in [6.07, 6.45) is 0. The normalized spacial score (nSPS) is 11.0. The molecule has 1 heterocycles. The number of benzene rings is 1. The van der Waals surface area contributed by atoms with Gasteiger partial charge in [0.15, 0.2) is 0 Å². The van der Waals surface area contributed by atoms with Gasteiger partial charge < -0.3 is 10.7 Å². The van der Waals surface area contributed by atoms with Crippen LogP contribution in [0, 0.1) is 5.82 Å². The second-order valence-electron chi connectivity index (χ2n) is 2.81. The Morgan fingerprint density at radius 3 is 2.92 bits per heavy atom. The highest BCUT2D eigenvalue weighted by Crippen LogP contribution is 2.27. The lowest BCUT2D eigenvalue weighted by Gasteiger charge is -1.90. The first-order chi connectivity index (χ1) is 6.22. The van der Waals surface area contributed by atoms with E-state index in [1.54, 1.807) is 6.07 Å². The van der Waals surface area contributed by atoms with Crippen molar-refractivity contribution in [3.05, 3.63) is 34.2 Å². The molecule has 0 bridgehead atoms. The molecule has 0 radical (unpaired) electrons. The number of hydrogen-bond donors (Lipinski definition) is 2. The number of H-pyrrole nitrogens is 1. The van der Waals surface area contributed by atoms with Crippen LogP contribution in [0.1, 0.15) is 5.69 Å². The van der Waals surface area contributed by atoms with Crippen molar-refractivity contribution < 1.29 is 4.39 Å². The average Bonchev–Trinajstić information content (AvgIpc) is 2.44. The minimum Gasteiger partial charge on any atom is -0.356 e. The highest BCUT2D eigenvalue weighted by molar-refractivity contribution is 9.10.